The van der Waals surface area contributed by atoms with Crippen LogP contribution in [0.3, 0.4) is 0 Å². The highest BCUT2D eigenvalue weighted by molar-refractivity contribution is 5.15. The number of aryl methyl sites for hydroxylation is 2. The number of rotatable bonds is 4. The maximum atomic E-state index is 6.08. The zero-order chi connectivity index (χ0) is 17.2. The summed E-state index contributed by atoms with van der Waals surface area (Å²) >= 11 is 0. The largest absolute Gasteiger partial charge is 0.375 e. The highest BCUT2D eigenvalue weighted by Gasteiger charge is 2.37. The molecule has 2 aromatic heterocycles. The molecule has 0 radical (unpaired) electrons. The van der Waals surface area contributed by atoms with Gasteiger partial charge in [0.05, 0.1) is 18.4 Å². The van der Waals surface area contributed by atoms with Crippen molar-refractivity contribution >= 4 is 0 Å². The van der Waals surface area contributed by atoms with Gasteiger partial charge in [0.25, 0.3) is 0 Å². The van der Waals surface area contributed by atoms with E-state index in [2.05, 4.69) is 45.1 Å². The Balaban J connectivity index is 1.44. The van der Waals surface area contributed by atoms with Gasteiger partial charge in [-0.25, -0.2) is 0 Å². The first-order chi connectivity index (χ1) is 12.2. The van der Waals surface area contributed by atoms with Crippen LogP contribution in [0, 0.1) is 6.92 Å². The summed E-state index contributed by atoms with van der Waals surface area (Å²) in [6.07, 6.45) is 7.38. The number of hydrogen-bond donors (Lipinski definition) is 0. The van der Waals surface area contributed by atoms with Gasteiger partial charge in [-0.3, -0.25) is 19.5 Å². The van der Waals surface area contributed by atoms with E-state index in [9.17, 15) is 0 Å². The molecule has 0 bridgehead atoms. The average molecular weight is 341 g/mol. The molecule has 6 heteroatoms. The molecule has 2 atom stereocenters. The quantitative estimate of drug-likeness (QED) is 0.845. The third kappa shape index (κ3) is 3.76. The molecule has 4 rings (SSSR count). The SMILES string of the molecule is Cc1nn(C)cc1CN1CC[C@@H]2OCCN(Cc3ccncc3)[C@@H]2C1. The lowest BCUT2D eigenvalue weighted by atomic mass is 9.97. The Morgan fingerprint density at radius 2 is 2.04 bits per heavy atom. The minimum atomic E-state index is 0.363. The van der Waals surface area contributed by atoms with E-state index in [1.54, 1.807) is 0 Å². The molecule has 0 aromatic carbocycles. The van der Waals surface area contributed by atoms with Crippen LogP contribution in [0.2, 0.25) is 0 Å². The molecule has 2 saturated heterocycles. The van der Waals surface area contributed by atoms with E-state index in [0.29, 0.717) is 12.1 Å². The molecule has 2 fully saturated rings. The maximum absolute atomic E-state index is 6.08. The van der Waals surface area contributed by atoms with Crippen molar-refractivity contribution in [3.63, 3.8) is 0 Å². The number of pyridine rings is 1. The molecule has 6 nitrogen and oxygen atoms in total. The summed E-state index contributed by atoms with van der Waals surface area (Å²) in [5, 5.41) is 4.48. The van der Waals surface area contributed by atoms with Gasteiger partial charge in [-0.05, 0) is 31.0 Å². The molecule has 0 amide bonds. The van der Waals surface area contributed by atoms with Crippen molar-refractivity contribution in [1.29, 1.82) is 0 Å². The second kappa shape index (κ2) is 7.23. The van der Waals surface area contributed by atoms with Gasteiger partial charge in [0.2, 0.25) is 0 Å². The predicted octanol–water partition coefficient (Wildman–Crippen LogP) is 1.60. The molecular formula is C19H27N5O. The lowest BCUT2D eigenvalue weighted by molar-refractivity contribution is -0.107. The second-order valence-corrected chi connectivity index (χ2v) is 7.24. The Bertz CT molecular complexity index is 701. The smallest absolute Gasteiger partial charge is 0.0755 e. The van der Waals surface area contributed by atoms with Gasteiger partial charge >= 0.3 is 0 Å². The van der Waals surface area contributed by atoms with E-state index in [1.807, 2.05) is 24.1 Å². The van der Waals surface area contributed by atoms with Gasteiger partial charge in [-0.15, -0.1) is 0 Å². The van der Waals surface area contributed by atoms with Gasteiger partial charge in [0.15, 0.2) is 0 Å². The monoisotopic (exact) mass is 341 g/mol. The molecule has 2 aromatic rings. The molecule has 0 N–H and O–H groups in total. The van der Waals surface area contributed by atoms with E-state index in [1.165, 1.54) is 11.1 Å². The first-order valence-electron chi connectivity index (χ1n) is 9.15. The minimum Gasteiger partial charge on any atom is -0.375 e. The van der Waals surface area contributed by atoms with Crippen molar-refractivity contribution in [2.24, 2.45) is 7.05 Å². The van der Waals surface area contributed by atoms with E-state index in [4.69, 9.17) is 4.74 Å². The van der Waals surface area contributed by atoms with Crippen LogP contribution in [0.15, 0.2) is 30.7 Å². The second-order valence-electron chi connectivity index (χ2n) is 7.24. The number of hydrogen-bond acceptors (Lipinski definition) is 5. The molecule has 0 spiro atoms. The fourth-order valence-electron chi connectivity index (χ4n) is 4.12. The van der Waals surface area contributed by atoms with Crippen LogP contribution in [-0.2, 0) is 24.9 Å². The van der Waals surface area contributed by atoms with Gasteiger partial charge in [-0.2, -0.15) is 5.10 Å². The zero-order valence-corrected chi connectivity index (χ0v) is 15.1. The predicted molar refractivity (Wildman–Crippen MR) is 96.0 cm³/mol. The third-order valence-electron chi connectivity index (χ3n) is 5.43. The molecule has 0 unspecified atom stereocenters. The molecule has 2 aliphatic heterocycles. The van der Waals surface area contributed by atoms with Crippen molar-refractivity contribution in [2.45, 2.75) is 38.6 Å². The zero-order valence-electron chi connectivity index (χ0n) is 15.1. The lowest BCUT2D eigenvalue weighted by Gasteiger charge is -2.47. The number of nitrogens with zero attached hydrogens (tertiary/aromatic N) is 5. The Kier molecular flexibility index (Phi) is 4.83. The molecule has 2 aliphatic rings. The summed E-state index contributed by atoms with van der Waals surface area (Å²) < 4.78 is 7.99. The Hall–Kier alpha value is -1.76. The molecular weight excluding hydrogens is 314 g/mol. The highest BCUT2D eigenvalue weighted by atomic mass is 16.5. The van der Waals surface area contributed by atoms with Crippen LogP contribution < -0.4 is 0 Å². The summed E-state index contributed by atoms with van der Waals surface area (Å²) in [4.78, 5) is 9.27. The van der Waals surface area contributed by atoms with Crippen molar-refractivity contribution in [3.05, 3.63) is 47.5 Å². The number of aromatic nitrogens is 3. The molecule has 25 heavy (non-hydrogen) atoms. The van der Waals surface area contributed by atoms with Crippen molar-refractivity contribution in [3.8, 4) is 0 Å². The van der Waals surface area contributed by atoms with Crippen LogP contribution in [0.25, 0.3) is 0 Å². The van der Waals surface area contributed by atoms with E-state index in [0.717, 1.165) is 51.4 Å². The van der Waals surface area contributed by atoms with Gasteiger partial charge in [-0.1, -0.05) is 0 Å². The number of likely N-dealkylation sites (tertiary alicyclic amines) is 1. The summed E-state index contributed by atoms with van der Waals surface area (Å²) in [5.74, 6) is 0. The van der Waals surface area contributed by atoms with Crippen LogP contribution in [0.4, 0.5) is 0 Å². The Labute approximate surface area is 149 Å². The molecule has 0 aliphatic carbocycles. The fourth-order valence-corrected chi connectivity index (χ4v) is 4.12. The number of piperidine rings is 1. The van der Waals surface area contributed by atoms with E-state index in [-0.39, 0.29) is 0 Å². The molecule has 4 heterocycles. The Morgan fingerprint density at radius 3 is 2.80 bits per heavy atom. The van der Waals surface area contributed by atoms with Crippen LogP contribution in [0.1, 0.15) is 23.2 Å². The number of morpholine rings is 1. The summed E-state index contributed by atoms with van der Waals surface area (Å²) in [5.41, 5.74) is 3.80. The van der Waals surface area contributed by atoms with Crippen LogP contribution in [-0.4, -0.2) is 63.0 Å². The van der Waals surface area contributed by atoms with Gasteiger partial charge in [0, 0.05) is 70.0 Å². The van der Waals surface area contributed by atoms with Crippen molar-refractivity contribution < 1.29 is 4.74 Å². The van der Waals surface area contributed by atoms with E-state index >= 15 is 0 Å². The van der Waals surface area contributed by atoms with E-state index < -0.39 is 0 Å². The minimum absolute atomic E-state index is 0.363. The molecule has 134 valence electrons. The van der Waals surface area contributed by atoms with Crippen molar-refractivity contribution in [2.75, 3.05) is 26.2 Å². The van der Waals surface area contributed by atoms with Gasteiger partial charge < -0.3 is 4.74 Å². The molecule has 0 saturated carbocycles. The topological polar surface area (TPSA) is 46.4 Å². The standard InChI is InChI=1S/C19H27N5O/c1-15-17(12-22(2)21-15)13-23-8-5-19-18(14-23)24(9-10-25-19)11-16-3-6-20-7-4-16/h3-4,6-7,12,18-19H,5,8-11,13-14H2,1-2H3/t18-,19+/m1/s1. The van der Waals surface area contributed by atoms with Crippen LogP contribution >= 0.6 is 0 Å². The van der Waals surface area contributed by atoms with Crippen LogP contribution in [0.5, 0.6) is 0 Å². The third-order valence-corrected chi connectivity index (χ3v) is 5.43. The summed E-state index contributed by atoms with van der Waals surface area (Å²) in [6.45, 7) is 8.06. The maximum Gasteiger partial charge on any atom is 0.0755 e. The highest BCUT2D eigenvalue weighted by Crippen LogP contribution is 2.26. The van der Waals surface area contributed by atoms with Crippen molar-refractivity contribution in [1.82, 2.24) is 24.6 Å². The Morgan fingerprint density at radius 1 is 1.20 bits per heavy atom. The summed E-state index contributed by atoms with van der Waals surface area (Å²) in [7, 11) is 1.99. The normalized spacial score (nSPS) is 25.0. The average Bonchev–Trinajstić information content (AvgIpc) is 2.93. The fraction of sp³-hybridized carbons (Fsp3) is 0.579. The lowest BCUT2D eigenvalue weighted by Crippen LogP contribution is -2.59. The first-order valence-corrected chi connectivity index (χ1v) is 9.15. The number of fused-ring (bicyclic) bond motifs is 1. The van der Waals surface area contributed by atoms with Gasteiger partial charge in [0.1, 0.15) is 0 Å². The summed E-state index contributed by atoms with van der Waals surface area (Å²) in [6, 6.07) is 4.70. The first kappa shape index (κ1) is 16.7. The number of ether oxygens (including phenoxy) is 1.